The fraction of sp³-hybridized carbons (Fsp3) is 0.611. The number of rotatable bonds is 7. The van der Waals surface area contributed by atoms with Gasteiger partial charge in [-0.05, 0) is 49.6 Å². The summed E-state index contributed by atoms with van der Waals surface area (Å²) in [5.74, 6) is 0.170. The van der Waals surface area contributed by atoms with E-state index in [9.17, 15) is 4.79 Å². The molecular weight excluding hydrogens is 296 g/mol. The van der Waals surface area contributed by atoms with Crippen LogP contribution >= 0.6 is 12.4 Å². The van der Waals surface area contributed by atoms with Crippen molar-refractivity contribution in [2.45, 2.75) is 52.0 Å². The fourth-order valence-electron chi connectivity index (χ4n) is 2.86. The van der Waals surface area contributed by atoms with Crippen molar-refractivity contribution >= 4 is 18.3 Å². The van der Waals surface area contributed by atoms with Gasteiger partial charge in [0.25, 0.3) is 0 Å². The topological polar surface area (TPSA) is 41.1 Å². The Balaban J connectivity index is 0.00000242. The zero-order valence-corrected chi connectivity index (χ0v) is 14.5. The number of carbonyl (C=O) groups excluding carboxylic acids is 1. The number of aryl methyl sites for hydroxylation is 1. The van der Waals surface area contributed by atoms with Gasteiger partial charge in [0.1, 0.15) is 0 Å². The van der Waals surface area contributed by atoms with Crippen LogP contribution in [0.5, 0.6) is 0 Å². The average Bonchev–Trinajstić information content (AvgIpc) is 3.00. The second kappa shape index (κ2) is 9.16. The van der Waals surface area contributed by atoms with E-state index in [2.05, 4.69) is 54.8 Å². The number of hydrogen-bond acceptors (Lipinski definition) is 2. The number of halogens is 1. The van der Waals surface area contributed by atoms with Gasteiger partial charge in [-0.15, -0.1) is 12.4 Å². The van der Waals surface area contributed by atoms with Gasteiger partial charge in [-0.3, -0.25) is 4.79 Å². The molecule has 4 heteroatoms. The minimum Gasteiger partial charge on any atom is -0.354 e. The van der Waals surface area contributed by atoms with Crippen molar-refractivity contribution in [1.29, 1.82) is 0 Å². The summed E-state index contributed by atoms with van der Waals surface area (Å²) in [6.45, 7) is 6.21. The Labute approximate surface area is 140 Å². The van der Waals surface area contributed by atoms with Crippen molar-refractivity contribution in [2.75, 3.05) is 13.1 Å². The SMILES string of the molecule is CC(C)(CCCc1ccccc1)CNC(=O)C1CCCN1.Cl. The van der Waals surface area contributed by atoms with Crippen molar-refractivity contribution in [2.24, 2.45) is 5.41 Å². The number of hydrogen-bond donors (Lipinski definition) is 2. The molecule has 1 heterocycles. The third-order valence-electron chi connectivity index (χ3n) is 4.28. The van der Waals surface area contributed by atoms with E-state index >= 15 is 0 Å². The lowest BCUT2D eigenvalue weighted by Crippen LogP contribution is -2.43. The van der Waals surface area contributed by atoms with Crippen molar-refractivity contribution in [3.05, 3.63) is 35.9 Å². The second-order valence-corrected chi connectivity index (χ2v) is 6.87. The summed E-state index contributed by atoms with van der Waals surface area (Å²) in [5, 5.41) is 6.36. The predicted molar refractivity (Wildman–Crippen MR) is 94.4 cm³/mol. The zero-order valence-electron chi connectivity index (χ0n) is 13.7. The maximum atomic E-state index is 12.0. The van der Waals surface area contributed by atoms with Gasteiger partial charge >= 0.3 is 0 Å². The van der Waals surface area contributed by atoms with Crippen LogP contribution in [0, 0.1) is 5.41 Å². The van der Waals surface area contributed by atoms with Gasteiger partial charge in [-0.1, -0.05) is 44.2 Å². The molecule has 0 saturated carbocycles. The van der Waals surface area contributed by atoms with E-state index in [1.54, 1.807) is 0 Å². The van der Waals surface area contributed by atoms with Crippen LogP contribution in [0.2, 0.25) is 0 Å². The molecule has 0 spiro atoms. The minimum absolute atomic E-state index is 0. The van der Waals surface area contributed by atoms with Gasteiger partial charge in [0.15, 0.2) is 0 Å². The van der Waals surface area contributed by atoms with E-state index in [1.807, 2.05) is 0 Å². The fourth-order valence-corrected chi connectivity index (χ4v) is 2.86. The molecule has 1 aliphatic heterocycles. The van der Waals surface area contributed by atoms with E-state index in [4.69, 9.17) is 0 Å². The second-order valence-electron chi connectivity index (χ2n) is 6.87. The Bertz CT molecular complexity index is 442. The lowest BCUT2D eigenvalue weighted by atomic mass is 9.86. The Morgan fingerprint density at radius 2 is 2.05 bits per heavy atom. The highest BCUT2D eigenvalue weighted by atomic mass is 35.5. The highest BCUT2D eigenvalue weighted by Crippen LogP contribution is 2.22. The van der Waals surface area contributed by atoms with E-state index in [0.717, 1.165) is 45.2 Å². The largest absolute Gasteiger partial charge is 0.354 e. The normalized spacial score (nSPS) is 17.8. The highest BCUT2D eigenvalue weighted by Gasteiger charge is 2.24. The van der Waals surface area contributed by atoms with Gasteiger partial charge in [0.05, 0.1) is 6.04 Å². The van der Waals surface area contributed by atoms with Crippen molar-refractivity contribution in [3.8, 4) is 0 Å². The third kappa shape index (κ3) is 6.37. The molecule has 1 unspecified atom stereocenters. The maximum absolute atomic E-state index is 12.0. The number of benzene rings is 1. The molecule has 0 bridgehead atoms. The summed E-state index contributed by atoms with van der Waals surface area (Å²) < 4.78 is 0. The molecule has 1 saturated heterocycles. The van der Waals surface area contributed by atoms with Crippen LogP contribution in [0.1, 0.15) is 45.1 Å². The van der Waals surface area contributed by atoms with Crippen LogP contribution in [0.15, 0.2) is 30.3 Å². The molecule has 0 radical (unpaired) electrons. The summed E-state index contributed by atoms with van der Waals surface area (Å²) in [4.78, 5) is 12.0. The average molecular weight is 325 g/mol. The van der Waals surface area contributed by atoms with Crippen LogP contribution in [0.3, 0.4) is 0 Å². The lowest BCUT2D eigenvalue weighted by Gasteiger charge is -2.26. The molecule has 3 nitrogen and oxygen atoms in total. The Morgan fingerprint density at radius 3 is 2.68 bits per heavy atom. The highest BCUT2D eigenvalue weighted by molar-refractivity contribution is 5.85. The first-order chi connectivity index (χ1) is 10.1. The minimum atomic E-state index is 0. The summed E-state index contributed by atoms with van der Waals surface area (Å²) in [5.41, 5.74) is 1.55. The Kier molecular flexibility index (Phi) is 7.91. The van der Waals surface area contributed by atoms with Gasteiger partial charge in [-0.2, -0.15) is 0 Å². The summed E-state index contributed by atoms with van der Waals surface area (Å²) in [7, 11) is 0. The van der Waals surface area contributed by atoms with Crippen molar-refractivity contribution in [1.82, 2.24) is 10.6 Å². The molecule has 22 heavy (non-hydrogen) atoms. The molecule has 1 atom stereocenters. The molecule has 2 N–H and O–H groups in total. The molecule has 1 aliphatic rings. The molecule has 124 valence electrons. The van der Waals surface area contributed by atoms with E-state index in [0.29, 0.717) is 0 Å². The standard InChI is InChI=1S/C18H28N2O.ClH/c1-18(2,12-6-10-15-8-4-3-5-9-15)14-20-17(21)16-11-7-13-19-16;/h3-5,8-9,16,19H,6-7,10-14H2,1-2H3,(H,20,21);1H. The molecule has 0 aliphatic carbocycles. The van der Waals surface area contributed by atoms with E-state index in [1.165, 1.54) is 5.56 Å². The van der Waals surface area contributed by atoms with Gasteiger partial charge < -0.3 is 10.6 Å². The first kappa shape index (κ1) is 19.0. The lowest BCUT2D eigenvalue weighted by molar-refractivity contribution is -0.123. The van der Waals surface area contributed by atoms with Crippen LogP contribution in [0.25, 0.3) is 0 Å². The smallest absolute Gasteiger partial charge is 0.237 e. The number of amides is 1. The van der Waals surface area contributed by atoms with Gasteiger partial charge in [-0.25, -0.2) is 0 Å². The third-order valence-corrected chi connectivity index (χ3v) is 4.28. The molecule has 2 rings (SSSR count). The summed E-state index contributed by atoms with van der Waals surface area (Å²) >= 11 is 0. The molecule has 1 fully saturated rings. The first-order valence-electron chi connectivity index (χ1n) is 8.12. The van der Waals surface area contributed by atoms with Crippen molar-refractivity contribution < 1.29 is 4.79 Å². The molecule has 1 aromatic rings. The van der Waals surface area contributed by atoms with Gasteiger partial charge in [0, 0.05) is 6.54 Å². The zero-order chi connectivity index (χ0) is 15.1. The summed E-state index contributed by atoms with van der Waals surface area (Å²) in [6.07, 6.45) is 5.48. The summed E-state index contributed by atoms with van der Waals surface area (Å²) in [6, 6.07) is 10.6. The Hall–Kier alpha value is -1.06. The quantitative estimate of drug-likeness (QED) is 0.807. The predicted octanol–water partition coefficient (Wildman–Crippen LogP) is 3.33. The first-order valence-corrected chi connectivity index (χ1v) is 8.12. The van der Waals surface area contributed by atoms with Crippen LogP contribution < -0.4 is 10.6 Å². The van der Waals surface area contributed by atoms with Crippen LogP contribution in [0.4, 0.5) is 0 Å². The Morgan fingerprint density at radius 1 is 1.32 bits per heavy atom. The van der Waals surface area contributed by atoms with E-state index < -0.39 is 0 Å². The molecule has 1 amide bonds. The molecular formula is C18H29ClN2O. The number of nitrogens with one attached hydrogen (secondary N) is 2. The molecule has 0 aromatic heterocycles. The van der Waals surface area contributed by atoms with Crippen LogP contribution in [-0.2, 0) is 11.2 Å². The van der Waals surface area contributed by atoms with Crippen LogP contribution in [-0.4, -0.2) is 25.0 Å². The number of carbonyl (C=O) groups is 1. The maximum Gasteiger partial charge on any atom is 0.237 e. The molecule has 1 aromatic carbocycles. The monoisotopic (exact) mass is 324 g/mol. The van der Waals surface area contributed by atoms with Gasteiger partial charge in [0.2, 0.25) is 5.91 Å². The van der Waals surface area contributed by atoms with E-state index in [-0.39, 0.29) is 29.8 Å². The van der Waals surface area contributed by atoms with Crippen molar-refractivity contribution in [3.63, 3.8) is 0 Å².